The Labute approximate surface area is 150 Å². The van der Waals surface area contributed by atoms with Crippen molar-refractivity contribution in [2.75, 3.05) is 13.2 Å². The van der Waals surface area contributed by atoms with Crippen LogP contribution in [0.25, 0.3) is 0 Å². The molecule has 0 radical (unpaired) electrons. The Balaban J connectivity index is 1.88. The van der Waals surface area contributed by atoms with Crippen LogP contribution in [0.15, 0.2) is 11.6 Å². The molecule has 0 aromatic rings. The first-order valence-electron chi connectivity index (χ1n) is 9.51. The predicted molar refractivity (Wildman–Crippen MR) is 93.9 cm³/mol. The molecule has 5 heteroatoms. The van der Waals surface area contributed by atoms with E-state index in [0.717, 1.165) is 37.5 Å². The molecule has 2 aliphatic carbocycles. The van der Waals surface area contributed by atoms with E-state index in [1.165, 1.54) is 0 Å². The van der Waals surface area contributed by atoms with Crippen LogP contribution in [0.3, 0.4) is 0 Å². The minimum Gasteiger partial charge on any atom is -0.394 e. The van der Waals surface area contributed by atoms with Gasteiger partial charge in [-0.3, -0.25) is 4.79 Å². The number of aliphatic hydroxyl groups excluding tert-OH is 3. The Kier molecular flexibility index (Phi) is 4.91. The van der Waals surface area contributed by atoms with Crippen LogP contribution in [0.4, 0.5) is 0 Å². The van der Waals surface area contributed by atoms with Gasteiger partial charge in [0, 0.05) is 0 Å². The maximum absolute atomic E-state index is 11.6. The SMILES string of the molecule is C[C@@H]1CC[C@]2(C)C(C=O)=CCC[C@H]2[C@]1(C)C[C@@H](O)[C@]1([C@@H](O)CO)CO1. The summed E-state index contributed by atoms with van der Waals surface area (Å²) in [5.74, 6) is 0.721. The number of rotatable bonds is 6. The Hall–Kier alpha value is -0.750. The van der Waals surface area contributed by atoms with Gasteiger partial charge in [0.1, 0.15) is 18.0 Å². The summed E-state index contributed by atoms with van der Waals surface area (Å²) in [7, 11) is 0. The van der Waals surface area contributed by atoms with Gasteiger partial charge in [0.05, 0.1) is 19.3 Å². The minimum absolute atomic E-state index is 0.145. The van der Waals surface area contributed by atoms with Gasteiger partial charge in [-0.25, -0.2) is 0 Å². The van der Waals surface area contributed by atoms with Crippen molar-refractivity contribution < 1.29 is 24.9 Å². The summed E-state index contributed by atoms with van der Waals surface area (Å²) in [5.41, 5.74) is -0.412. The molecule has 1 saturated heterocycles. The number of aldehydes is 1. The summed E-state index contributed by atoms with van der Waals surface area (Å²) in [6, 6.07) is 0. The van der Waals surface area contributed by atoms with Crippen LogP contribution in [0.5, 0.6) is 0 Å². The lowest BCUT2D eigenvalue weighted by Crippen LogP contribution is -2.54. The van der Waals surface area contributed by atoms with Crippen LogP contribution in [0.1, 0.15) is 52.9 Å². The molecule has 0 spiro atoms. The largest absolute Gasteiger partial charge is 0.394 e. The molecule has 1 aliphatic heterocycles. The van der Waals surface area contributed by atoms with Crippen LogP contribution in [0.2, 0.25) is 0 Å². The highest BCUT2D eigenvalue weighted by Crippen LogP contribution is 2.62. The zero-order valence-corrected chi connectivity index (χ0v) is 15.6. The molecule has 3 N–H and O–H groups in total. The van der Waals surface area contributed by atoms with Crippen LogP contribution in [-0.2, 0) is 9.53 Å². The summed E-state index contributed by atoms with van der Waals surface area (Å²) >= 11 is 0. The van der Waals surface area contributed by atoms with Crippen molar-refractivity contribution in [2.24, 2.45) is 22.7 Å². The number of aliphatic hydroxyl groups is 3. The van der Waals surface area contributed by atoms with Gasteiger partial charge in [-0.15, -0.1) is 0 Å². The highest BCUT2D eigenvalue weighted by Gasteiger charge is 2.61. The Morgan fingerprint density at radius 1 is 1.32 bits per heavy atom. The molecule has 0 bridgehead atoms. The van der Waals surface area contributed by atoms with Crippen molar-refractivity contribution in [1.29, 1.82) is 0 Å². The van der Waals surface area contributed by atoms with Crippen molar-refractivity contribution in [3.8, 4) is 0 Å². The number of hydrogen-bond acceptors (Lipinski definition) is 5. The molecule has 25 heavy (non-hydrogen) atoms. The Morgan fingerprint density at radius 2 is 2.00 bits per heavy atom. The lowest BCUT2D eigenvalue weighted by atomic mass is 9.46. The predicted octanol–water partition coefficient (Wildman–Crippen LogP) is 1.84. The fourth-order valence-corrected chi connectivity index (χ4v) is 5.68. The topological polar surface area (TPSA) is 90.3 Å². The molecular weight excluding hydrogens is 320 g/mol. The summed E-state index contributed by atoms with van der Waals surface area (Å²) in [6.45, 7) is 6.51. The molecule has 1 heterocycles. The zero-order chi connectivity index (χ0) is 18.5. The molecule has 0 amide bonds. The van der Waals surface area contributed by atoms with E-state index >= 15 is 0 Å². The lowest BCUT2D eigenvalue weighted by molar-refractivity contribution is -0.114. The summed E-state index contributed by atoms with van der Waals surface area (Å²) in [4.78, 5) is 11.6. The van der Waals surface area contributed by atoms with Gasteiger partial charge >= 0.3 is 0 Å². The van der Waals surface area contributed by atoms with Crippen molar-refractivity contribution in [1.82, 2.24) is 0 Å². The van der Waals surface area contributed by atoms with Crippen LogP contribution < -0.4 is 0 Å². The van der Waals surface area contributed by atoms with Gasteiger partial charge in [0.15, 0.2) is 0 Å². The molecule has 0 unspecified atom stereocenters. The molecular formula is C20H32O5. The molecule has 3 rings (SSSR count). The zero-order valence-electron chi connectivity index (χ0n) is 15.6. The fraction of sp³-hybridized carbons (Fsp3) is 0.850. The van der Waals surface area contributed by atoms with Crippen LogP contribution in [-0.4, -0.2) is 52.6 Å². The van der Waals surface area contributed by atoms with E-state index in [9.17, 15) is 20.1 Å². The standard InChI is InChI=1S/C20H32O5/c1-13-7-8-18(2)14(10-21)5-4-6-15(18)19(13,3)9-16(23)20(12-25-20)17(24)11-22/h5,10,13,15-17,22-24H,4,6-9,11-12H2,1-3H3/t13-,15-,16-,17+,18-,19-,20+/m1/s1. The number of carbonyl (C=O) groups excluding carboxylic acids is 1. The minimum atomic E-state index is -1.06. The normalized spacial score (nSPS) is 45.9. The van der Waals surface area contributed by atoms with Gasteiger partial charge in [-0.05, 0) is 60.3 Å². The van der Waals surface area contributed by atoms with E-state index in [0.29, 0.717) is 18.3 Å². The first kappa shape index (κ1) is 19.0. The number of hydrogen-bond donors (Lipinski definition) is 3. The van der Waals surface area contributed by atoms with Crippen molar-refractivity contribution >= 4 is 6.29 Å². The van der Waals surface area contributed by atoms with Crippen molar-refractivity contribution in [3.63, 3.8) is 0 Å². The van der Waals surface area contributed by atoms with E-state index < -0.39 is 24.4 Å². The third-order valence-electron chi connectivity index (χ3n) is 7.81. The highest BCUT2D eigenvalue weighted by atomic mass is 16.6. The molecule has 0 aromatic heterocycles. The Bertz CT molecular complexity index is 554. The molecule has 3 aliphatic rings. The number of carbonyl (C=O) groups is 1. The van der Waals surface area contributed by atoms with E-state index in [1.54, 1.807) is 0 Å². The third kappa shape index (κ3) is 2.80. The molecule has 7 atom stereocenters. The second kappa shape index (κ2) is 6.45. The fourth-order valence-electron chi connectivity index (χ4n) is 5.68. The van der Waals surface area contributed by atoms with Crippen LogP contribution in [0, 0.1) is 22.7 Å². The average Bonchev–Trinajstić information content (AvgIpc) is 3.39. The quantitative estimate of drug-likeness (QED) is 0.501. The maximum atomic E-state index is 11.6. The van der Waals surface area contributed by atoms with Crippen molar-refractivity contribution in [2.45, 2.75) is 70.7 Å². The van der Waals surface area contributed by atoms with Gasteiger partial charge in [-0.2, -0.15) is 0 Å². The van der Waals surface area contributed by atoms with Gasteiger partial charge in [0.25, 0.3) is 0 Å². The van der Waals surface area contributed by atoms with Crippen molar-refractivity contribution in [3.05, 3.63) is 11.6 Å². The second-order valence-corrected chi connectivity index (χ2v) is 8.93. The van der Waals surface area contributed by atoms with E-state index in [2.05, 4.69) is 26.8 Å². The van der Waals surface area contributed by atoms with Gasteiger partial charge in [0.2, 0.25) is 0 Å². The number of fused-ring (bicyclic) bond motifs is 1. The number of ether oxygens (including phenoxy) is 1. The van der Waals surface area contributed by atoms with Gasteiger partial charge < -0.3 is 20.1 Å². The van der Waals surface area contributed by atoms with Gasteiger partial charge in [-0.1, -0.05) is 26.8 Å². The maximum Gasteiger partial charge on any atom is 0.146 e. The molecule has 5 nitrogen and oxygen atoms in total. The summed E-state index contributed by atoms with van der Waals surface area (Å²) in [5, 5.41) is 30.3. The average molecular weight is 352 g/mol. The molecule has 1 saturated carbocycles. The molecule has 2 fully saturated rings. The second-order valence-electron chi connectivity index (χ2n) is 8.93. The number of epoxide rings is 1. The van der Waals surface area contributed by atoms with E-state index in [4.69, 9.17) is 4.74 Å². The third-order valence-corrected chi connectivity index (χ3v) is 7.81. The molecule has 0 aromatic carbocycles. The van der Waals surface area contributed by atoms with E-state index in [-0.39, 0.29) is 17.4 Å². The summed E-state index contributed by atoms with van der Waals surface area (Å²) < 4.78 is 5.41. The lowest BCUT2D eigenvalue weighted by Gasteiger charge is -2.58. The van der Waals surface area contributed by atoms with E-state index in [1.807, 2.05) is 0 Å². The monoisotopic (exact) mass is 352 g/mol. The smallest absolute Gasteiger partial charge is 0.146 e. The first-order chi connectivity index (χ1) is 11.7. The summed E-state index contributed by atoms with van der Waals surface area (Å²) in [6.07, 6.45) is 5.64. The molecule has 142 valence electrons. The Morgan fingerprint density at radius 3 is 2.56 bits per heavy atom. The first-order valence-corrected chi connectivity index (χ1v) is 9.51. The number of allylic oxidation sites excluding steroid dienone is 2. The highest BCUT2D eigenvalue weighted by molar-refractivity contribution is 5.76. The van der Waals surface area contributed by atoms with Crippen LogP contribution >= 0.6 is 0 Å².